The normalized spacial score (nSPS) is 10.4. The van der Waals surface area contributed by atoms with Crippen LogP contribution in [-0.4, -0.2) is 9.55 Å². The van der Waals surface area contributed by atoms with Crippen molar-refractivity contribution in [3.63, 3.8) is 0 Å². The van der Waals surface area contributed by atoms with Gasteiger partial charge in [0.25, 0.3) is 0 Å². The van der Waals surface area contributed by atoms with Gasteiger partial charge in [0, 0.05) is 29.5 Å². The van der Waals surface area contributed by atoms with Crippen LogP contribution in [0, 0.1) is 11.3 Å². The van der Waals surface area contributed by atoms with E-state index in [1.807, 2.05) is 29.0 Å². The maximum atomic E-state index is 8.84. The van der Waals surface area contributed by atoms with E-state index in [4.69, 9.17) is 28.5 Å². The van der Waals surface area contributed by atoms with Crippen molar-refractivity contribution in [1.82, 2.24) is 9.55 Å². The Morgan fingerprint density at radius 3 is 2.59 bits per heavy atom. The van der Waals surface area contributed by atoms with Gasteiger partial charge in [0.2, 0.25) is 0 Å². The van der Waals surface area contributed by atoms with E-state index in [2.05, 4.69) is 11.1 Å². The van der Waals surface area contributed by atoms with E-state index in [9.17, 15) is 0 Å². The number of hydrogen-bond donors (Lipinski definition) is 0. The van der Waals surface area contributed by atoms with Crippen molar-refractivity contribution in [3.8, 4) is 17.5 Å². The number of halogens is 2. The highest BCUT2D eigenvalue weighted by molar-refractivity contribution is 6.35. The van der Waals surface area contributed by atoms with Crippen molar-refractivity contribution in [1.29, 1.82) is 5.26 Å². The molecule has 0 atom stereocenters. The molecule has 0 aliphatic carbocycles. The summed E-state index contributed by atoms with van der Waals surface area (Å²) >= 11 is 12.3. The molecule has 0 spiro atoms. The summed E-state index contributed by atoms with van der Waals surface area (Å²) in [7, 11) is 0. The van der Waals surface area contributed by atoms with Crippen molar-refractivity contribution in [2.75, 3.05) is 0 Å². The van der Waals surface area contributed by atoms with Crippen LogP contribution in [0.3, 0.4) is 0 Å². The number of aromatic nitrogens is 2. The zero-order chi connectivity index (χ0) is 15.5. The Labute approximate surface area is 138 Å². The Bertz CT molecular complexity index is 845. The van der Waals surface area contributed by atoms with Gasteiger partial charge in [-0.05, 0) is 35.9 Å². The number of benzene rings is 2. The average Bonchev–Trinajstić information content (AvgIpc) is 2.98. The first-order valence-corrected chi connectivity index (χ1v) is 7.38. The molecular weight excluding hydrogens is 317 g/mol. The third-order valence-corrected chi connectivity index (χ3v) is 3.89. The highest BCUT2D eigenvalue weighted by Gasteiger charge is 2.11. The van der Waals surface area contributed by atoms with Crippen molar-refractivity contribution in [2.24, 2.45) is 0 Å². The monoisotopic (exact) mass is 327 g/mol. The first-order valence-electron chi connectivity index (χ1n) is 6.63. The van der Waals surface area contributed by atoms with Gasteiger partial charge in [-0.15, -0.1) is 0 Å². The summed E-state index contributed by atoms with van der Waals surface area (Å²) in [6.45, 7) is 0.643. The Morgan fingerprint density at radius 2 is 1.86 bits per heavy atom. The van der Waals surface area contributed by atoms with E-state index in [1.54, 1.807) is 30.5 Å². The van der Waals surface area contributed by atoms with Gasteiger partial charge in [-0.3, -0.25) is 0 Å². The maximum Gasteiger partial charge on any atom is 0.141 e. The van der Waals surface area contributed by atoms with Crippen LogP contribution in [0.25, 0.3) is 11.4 Å². The molecule has 0 unspecified atom stereocenters. The van der Waals surface area contributed by atoms with Gasteiger partial charge >= 0.3 is 0 Å². The Hall–Kier alpha value is -2.28. The number of hydrogen-bond acceptors (Lipinski definition) is 2. The van der Waals surface area contributed by atoms with Gasteiger partial charge in [0.15, 0.2) is 0 Å². The highest BCUT2D eigenvalue weighted by atomic mass is 35.5. The molecule has 0 N–H and O–H groups in total. The van der Waals surface area contributed by atoms with Crippen LogP contribution < -0.4 is 0 Å². The van der Waals surface area contributed by atoms with E-state index in [-0.39, 0.29) is 0 Å². The second-order valence-corrected chi connectivity index (χ2v) is 5.66. The van der Waals surface area contributed by atoms with Gasteiger partial charge in [-0.2, -0.15) is 5.26 Å². The fourth-order valence-electron chi connectivity index (χ4n) is 2.23. The Morgan fingerprint density at radius 1 is 1.09 bits per heavy atom. The smallest absolute Gasteiger partial charge is 0.141 e. The maximum absolute atomic E-state index is 8.84. The number of nitriles is 1. The molecule has 0 saturated carbocycles. The lowest BCUT2D eigenvalue weighted by atomic mass is 10.1. The van der Waals surface area contributed by atoms with Crippen molar-refractivity contribution < 1.29 is 0 Å². The summed E-state index contributed by atoms with van der Waals surface area (Å²) in [5.41, 5.74) is 2.52. The summed E-state index contributed by atoms with van der Waals surface area (Å²) in [5, 5.41) is 10.1. The molecule has 3 aromatic rings. The zero-order valence-electron chi connectivity index (χ0n) is 11.5. The molecule has 3 rings (SSSR count). The molecule has 0 aliphatic rings. The molecular formula is C17H11Cl2N3. The van der Waals surface area contributed by atoms with Crippen LogP contribution in [-0.2, 0) is 6.54 Å². The lowest BCUT2D eigenvalue weighted by Gasteiger charge is -2.10. The molecule has 5 heteroatoms. The minimum absolute atomic E-state index is 0.608. The second-order valence-electron chi connectivity index (χ2n) is 4.81. The molecule has 0 saturated heterocycles. The number of nitrogens with zero attached hydrogens (tertiary/aromatic N) is 3. The van der Waals surface area contributed by atoms with Crippen LogP contribution >= 0.6 is 23.2 Å². The summed E-state index contributed by atoms with van der Waals surface area (Å²) in [5.74, 6) is 0.761. The largest absolute Gasteiger partial charge is 0.327 e. The lowest BCUT2D eigenvalue weighted by molar-refractivity contribution is 0.807. The van der Waals surface area contributed by atoms with E-state index in [0.717, 1.165) is 17.0 Å². The van der Waals surface area contributed by atoms with Crippen LogP contribution in [0.2, 0.25) is 10.0 Å². The molecule has 1 aromatic heterocycles. The molecule has 0 fully saturated rings. The number of imidazole rings is 1. The van der Waals surface area contributed by atoms with E-state index in [0.29, 0.717) is 22.2 Å². The molecule has 0 radical (unpaired) electrons. The Balaban J connectivity index is 1.95. The fraction of sp³-hybridized carbons (Fsp3) is 0.0588. The third kappa shape index (κ3) is 2.99. The topological polar surface area (TPSA) is 41.6 Å². The molecule has 0 bridgehead atoms. The average molecular weight is 328 g/mol. The minimum atomic E-state index is 0.608. The lowest BCUT2D eigenvalue weighted by Crippen LogP contribution is -2.01. The first-order chi connectivity index (χ1) is 10.7. The summed E-state index contributed by atoms with van der Waals surface area (Å²) in [6.07, 6.45) is 3.63. The third-order valence-electron chi connectivity index (χ3n) is 3.32. The molecule has 3 nitrogen and oxygen atoms in total. The quantitative estimate of drug-likeness (QED) is 0.694. The van der Waals surface area contributed by atoms with Crippen molar-refractivity contribution >= 4 is 23.2 Å². The standard InChI is InChI=1S/C17H11Cl2N3/c18-14-5-6-16(19)15(9-14)17-21-7-8-22(17)11-13-3-1-12(10-20)2-4-13/h1-9H,11H2. The van der Waals surface area contributed by atoms with Crippen molar-refractivity contribution in [2.45, 2.75) is 6.54 Å². The van der Waals surface area contributed by atoms with Gasteiger partial charge < -0.3 is 4.57 Å². The summed E-state index contributed by atoms with van der Waals surface area (Å²) in [6, 6.07) is 14.9. The van der Waals surface area contributed by atoms with E-state index >= 15 is 0 Å². The van der Waals surface area contributed by atoms with Crippen molar-refractivity contribution in [3.05, 3.63) is 76.0 Å². The first kappa shape index (κ1) is 14.6. The highest BCUT2D eigenvalue weighted by Crippen LogP contribution is 2.29. The molecule has 108 valence electrons. The van der Waals surface area contributed by atoms with Crippen LogP contribution in [0.5, 0.6) is 0 Å². The van der Waals surface area contributed by atoms with E-state index < -0.39 is 0 Å². The predicted octanol–water partition coefficient (Wildman–Crippen LogP) is 4.78. The molecule has 1 heterocycles. The minimum Gasteiger partial charge on any atom is -0.327 e. The van der Waals surface area contributed by atoms with Gasteiger partial charge in [0.05, 0.1) is 16.7 Å². The Kier molecular flexibility index (Phi) is 4.15. The molecule has 0 aliphatic heterocycles. The van der Waals surface area contributed by atoms with Crippen LogP contribution in [0.4, 0.5) is 0 Å². The van der Waals surface area contributed by atoms with Gasteiger partial charge in [0.1, 0.15) is 5.82 Å². The fourth-order valence-corrected chi connectivity index (χ4v) is 2.61. The van der Waals surface area contributed by atoms with Gasteiger partial charge in [-0.1, -0.05) is 35.3 Å². The summed E-state index contributed by atoms with van der Waals surface area (Å²) in [4.78, 5) is 4.39. The van der Waals surface area contributed by atoms with E-state index in [1.165, 1.54) is 0 Å². The van der Waals surface area contributed by atoms with Crippen LogP contribution in [0.15, 0.2) is 54.9 Å². The molecule has 2 aromatic carbocycles. The summed E-state index contributed by atoms with van der Waals surface area (Å²) < 4.78 is 2.00. The zero-order valence-corrected chi connectivity index (χ0v) is 13.0. The van der Waals surface area contributed by atoms with Gasteiger partial charge in [-0.25, -0.2) is 4.98 Å². The second kappa shape index (κ2) is 6.23. The molecule has 0 amide bonds. The SMILES string of the molecule is N#Cc1ccc(Cn2ccnc2-c2cc(Cl)ccc2Cl)cc1. The van der Waals surface area contributed by atoms with Crippen LogP contribution in [0.1, 0.15) is 11.1 Å². The molecule has 22 heavy (non-hydrogen) atoms. The predicted molar refractivity (Wildman–Crippen MR) is 87.9 cm³/mol. The number of rotatable bonds is 3.